The van der Waals surface area contributed by atoms with Crippen molar-refractivity contribution < 1.29 is 19.1 Å². The Kier molecular flexibility index (Phi) is 5.23. The van der Waals surface area contributed by atoms with Crippen molar-refractivity contribution in [2.45, 2.75) is 38.2 Å². The topological polar surface area (TPSA) is 77.3 Å². The van der Waals surface area contributed by atoms with E-state index in [0.29, 0.717) is 5.75 Å². The van der Waals surface area contributed by atoms with Gasteiger partial charge in [0.25, 0.3) is 0 Å². The highest BCUT2D eigenvalue weighted by atomic mass is 16.6. The Bertz CT molecular complexity index is 481. The van der Waals surface area contributed by atoms with Gasteiger partial charge < -0.3 is 9.47 Å². The van der Waals surface area contributed by atoms with Gasteiger partial charge in [-0.1, -0.05) is 34.8 Å². The highest BCUT2D eigenvalue weighted by molar-refractivity contribution is 5.74. The van der Waals surface area contributed by atoms with Crippen LogP contribution in [0.15, 0.2) is 40.6 Å². The van der Waals surface area contributed by atoms with E-state index in [0.717, 1.165) is 25.7 Å². The lowest BCUT2D eigenvalue weighted by Gasteiger charge is -2.20. The molecule has 1 aliphatic carbocycles. The molecule has 0 spiro atoms. The summed E-state index contributed by atoms with van der Waals surface area (Å²) in [6.07, 6.45) is 3.04. The molecular formula is C14H16N2O4. The molecule has 0 N–H and O–H groups in total. The monoisotopic (exact) mass is 276 g/mol. The van der Waals surface area contributed by atoms with E-state index in [9.17, 15) is 9.59 Å². The second kappa shape index (κ2) is 7.37. The Balaban J connectivity index is 1.76. The first kappa shape index (κ1) is 14.2. The minimum atomic E-state index is -0.947. The van der Waals surface area contributed by atoms with Gasteiger partial charge in [0.2, 0.25) is 0 Å². The number of carbonyl (C=O) groups excluding carboxylic acids is 2. The maximum absolute atomic E-state index is 11.4. The highest BCUT2D eigenvalue weighted by Gasteiger charge is 2.17. The average Bonchev–Trinajstić information content (AvgIpc) is 2.47. The molecule has 0 radical (unpaired) electrons. The lowest BCUT2D eigenvalue weighted by Crippen LogP contribution is -2.19. The number of nitrogens with zero attached hydrogens (tertiary/aromatic N) is 2. The Morgan fingerprint density at radius 1 is 0.950 bits per heavy atom. The van der Waals surface area contributed by atoms with E-state index in [1.807, 2.05) is 0 Å². The van der Waals surface area contributed by atoms with Gasteiger partial charge >= 0.3 is 12.2 Å². The Labute approximate surface area is 116 Å². The van der Waals surface area contributed by atoms with Crippen LogP contribution in [0.3, 0.4) is 0 Å². The number of amides is 2. The lowest BCUT2D eigenvalue weighted by molar-refractivity contribution is 0.0817. The van der Waals surface area contributed by atoms with Crippen molar-refractivity contribution in [1.29, 1.82) is 0 Å². The summed E-state index contributed by atoms with van der Waals surface area (Å²) in [5.74, 6) is 0.345. The minimum absolute atomic E-state index is 0.111. The van der Waals surface area contributed by atoms with Crippen molar-refractivity contribution in [3.8, 4) is 5.75 Å². The van der Waals surface area contributed by atoms with Gasteiger partial charge in [-0.2, -0.15) is 0 Å². The zero-order chi connectivity index (χ0) is 14.2. The van der Waals surface area contributed by atoms with Gasteiger partial charge in [0.05, 0.1) is 0 Å². The maximum atomic E-state index is 11.4. The van der Waals surface area contributed by atoms with Crippen LogP contribution in [0.4, 0.5) is 9.59 Å². The van der Waals surface area contributed by atoms with Crippen molar-refractivity contribution in [2.75, 3.05) is 0 Å². The van der Waals surface area contributed by atoms with E-state index in [1.165, 1.54) is 6.42 Å². The van der Waals surface area contributed by atoms with Gasteiger partial charge in [-0.15, -0.1) is 0 Å². The van der Waals surface area contributed by atoms with Crippen LogP contribution in [0.2, 0.25) is 0 Å². The third-order valence-corrected chi connectivity index (χ3v) is 2.98. The van der Waals surface area contributed by atoms with Crippen molar-refractivity contribution in [3.05, 3.63) is 30.3 Å². The molecule has 0 atom stereocenters. The number of hydrogen-bond donors (Lipinski definition) is 0. The van der Waals surface area contributed by atoms with E-state index in [2.05, 4.69) is 10.2 Å². The molecule has 1 aromatic rings. The molecule has 0 unspecified atom stereocenters. The number of para-hydroxylation sites is 1. The summed E-state index contributed by atoms with van der Waals surface area (Å²) in [5, 5.41) is 6.38. The number of carbonyl (C=O) groups is 2. The predicted octanol–water partition coefficient (Wildman–Crippen LogP) is 4.11. The van der Waals surface area contributed by atoms with E-state index in [-0.39, 0.29) is 6.10 Å². The molecule has 6 heteroatoms. The molecule has 106 valence electrons. The standard InChI is InChI=1S/C14H16N2O4/c17-13(19-11-7-3-1-4-8-11)15-16-14(18)20-12-9-5-2-6-10-12/h1,3-4,7-8,12H,2,5-6,9-10H2/b16-15+. The van der Waals surface area contributed by atoms with Crippen molar-refractivity contribution in [1.82, 2.24) is 0 Å². The smallest absolute Gasteiger partial charge is 0.444 e. The number of ether oxygens (including phenoxy) is 2. The summed E-state index contributed by atoms with van der Waals surface area (Å²) < 4.78 is 9.93. The van der Waals surface area contributed by atoms with Crippen molar-refractivity contribution in [3.63, 3.8) is 0 Å². The van der Waals surface area contributed by atoms with E-state index in [1.54, 1.807) is 30.3 Å². The van der Waals surface area contributed by atoms with E-state index < -0.39 is 12.2 Å². The fourth-order valence-electron chi connectivity index (χ4n) is 2.04. The number of azo groups is 1. The minimum Gasteiger partial charge on any atom is -0.444 e. The quantitative estimate of drug-likeness (QED) is 0.761. The first-order valence-electron chi connectivity index (χ1n) is 6.63. The van der Waals surface area contributed by atoms with Crippen LogP contribution in [-0.2, 0) is 4.74 Å². The zero-order valence-corrected chi connectivity index (χ0v) is 11.0. The summed E-state index contributed by atoms with van der Waals surface area (Å²) in [6.45, 7) is 0. The molecule has 1 aromatic carbocycles. The second-order valence-corrected chi connectivity index (χ2v) is 4.52. The van der Waals surface area contributed by atoms with Crippen LogP contribution < -0.4 is 4.74 Å². The van der Waals surface area contributed by atoms with Gasteiger partial charge in [0.15, 0.2) is 0 Å². The lowest BCUT2D eigenvalue weighted by atomic mass is 9.98. The molecule has 1 aliphatic rings. The van der Waals surface area contributed by atoms with Gasteiger partial charge in [-0.05, 0) is 37.8 Å². The molecule has 20 heavy (non-hydrogen) atoms. The van der Waals surface area contributed by atoms with Crippen LogP contribution in [0, 0.1) is 0 Å². The van der Waals surface area contributed by atoms with Crippen LogP contribution >= 0.6 is 0 Å². The summed E-state index contributed by atoms with van der Waals surface area (Å²) in [5.41, 5.74) is 0. The molecule has 2 rings (SSSR count). The van der Waals surface area contributed by atoms with Gasteiger partial charge in [-0.25, -0.2) is 9.59 Å². The molecule has 0 aliphatic heterocycles. The van der Waals surface area contributed by atoms with Gasteiger partial charge in [-0.3, -0.25) is 0 Å². The summed E-state index contributed by atoms with van der Waals surface area (Å²) in [7, 11) is 0. The molecule has 1 saturated carbocycles. The van der Waals surface area contributed by atoms with Crippen LogP contribution in [0.1, 0.15) is 32.1 Å². The van der Waals surface area contributed by atoms with Gasteiger partial charge in [0.1, 0.15) is 11.9 Å². The largest absolute Gasteiger partial charge is 0.458 e. The van der Waals surface area contributed by atoms with Crippen molar-refractivity contribution >= 4 is 12.2 Å². The fourth-order valence-corrected chi connectivity index (χ4v) is 2.04. The Morgan fingerprint density at radius 2 is 1.60 bits per heavy atom. The third kappa shape index (κ3) is 4.79. The molecular weight excluding hydrogens is 260 g/mol. The Hall–Kier alpha value is -2.24. The number of benzene rings is 1. The average molecular weight is 276 g/mol. The van der Waals surface area contributed by atoms with Crippen LogP contribution in [-0.4, -0.2) is 18.3 Å². The molecule has 6 nitrogen and oxygen atoms in total. The first-order valence-corrected chi connectivity index (χ1v) is 6.63. The predicted molar refractivity (Wildman–Crippen MR) is 70.7 cm³/mol. The van der Waals surface area contributed by atoms with Crippen molar-refractivity contribution in [2.24, 2.45) is 10.2 Å². The molecule has 0 aromatic heterocycles. The number of rotatable bonds is 2. The molecule has 0 heterocycles. The summed E-state index contributed by atoms with van der Waals surface area (Å²) >= 11 is 0. The Morgan fingerprint density at radius 3 is 2.30 bits per heavy atom. The summed E-state index contributed by atoms with van der Waals surface area (Å²) in [4.78, 5) is 22.7. The third-order valence-electron chi connectivity index (χ3n) is 2.98. The normalized spacial score (nSPS) is 16.0. The highest BCUT2D eigenvalue weighted by Crippen LogP contribution is 2.20. The number of hydrogen-bond acceptors (Lipinski definition) is 4. The SMILES string of the molecule is O=C(/N=N/C(=O)OC1CCCCC1)Oc1ccccc1. The molecule has 1 fully saturated rings. The summed E-state index contributed by atoms with van der Waals surface area (Å²) in [6, 6.07) is 8.44. The maximum Gasteiger partial charge on any atom is 0.458 e. The van der Waals surface area contributed by atoms with E-state index >= 15 is 0 Å². The zero-order valence-electron chi connectivity index (χ0n) is 11.0. The first-order chi connectivity index (χ1) is 9.74. The molecule has 2 amide bonds. The van der Waals surface area contributed by atoms with Crippen LogP contribution in [0.25, 0.3) is 0 Å². The second-order valence-electron chi connectivity index (χ2n) is 4.52. The molecule has 0 bridgehead atoms. The fraction of sp³-hybridized carbons (Fsp3) is 0.429. The molecule has 0 saturated heterocycles. The van der Waals surface area contributed by atoms with Gasteiger partial charge in [0, 0.05) is 0 Å². The van der Waals surface area contributed by atoms with E-state index in [4.69, 9.17) is 9.47 Å². The van der Waals surface area contributed by atoms with Crippen LogP contribution in [0.5, 0.6) is 5.75 Å².